The van der Waals surface area contributed by atoms with Gasteiger partial charge in [-0.2, -0.15) is 0 Å². The van der Waals surface area contributed by atoms with Gasteiger partial charge in [-0.15, -0.1) is 0 Å². The molecule has 0 aliphatic heterocycles. The van der Waals surface area contributed by atoms with E-state index in [1.807, 2.05) is 18.2 Å². The maximum atomic E-state index is 6.19. The monoisotopic (exact) mass is 429 g/mol. The van der Waals surface area contributed by atoms with E-state index in [1.165, 1.54) is 12.8 Å². The molecule has 1 N–H and O–H groups in total. The van der Waals surface area contributed by atoms with Crippen molar-refractivity contribution in [3.8, 4) is 11.5 Å². The van der Waals surface area contributed by atoms with Crippen molar-refractivity contribution in [1.82, 2.24) is 5.32 Å². The predicted octanol–water partition coefficient (Wildman–Crippen LogP) is 5.60. The van der Waals surface area contributed by atoms with E-state index < -0.39 is 0 Å². The highest BCUT2D eigenvalue weighted by molar-refractivity contribution is 9.10. The largest absolute Gasteiger partial charge is 0.493 e. The number of nitrogens with one attached hydrogen (secondary N) is 1. The summed E-state index contributed by atoms with van der Waals surface area (Å²) in [5, 5.41) is 4.67. The highest BCUT2D eigenvalue weighted by Gasteiger charge is 2.21. The maximum absolute atomic E-state index is 6.19. The lowest BCUT2D eigenvalue weighted by atomic mass is 10.2. The molecule has 2 aromatic carbocycles. The molecule has 3 rings (SSSR count). The van der Waals surface area contributed by atoms with Crippen molar-refractivity contribution in [3.63, 3.8) is 0 Å². The van der Waals surface area contributed by atoms with Crippen molar-refractivity contribution in [3.05, 3.63) is 56.0 Å². The van der Waals surface area contributed by atoms with Gasteiger partial charge in [0.2, 0.25) is 0 Å². The minimum absolute atomic E-state index is 0.279. The Morgan fingerprint density at radius 1 is 1.17 bits per heavy atom. The fraction of sp³-hybridized carbons (Fsp3) is 0.333. The van der Waals surface area contributed by atoms with Crippen LogP contribution in [0, 0.1) is 0 Å². The second-order valence-corrected chi connectivity index (χ2v) is 7.41. The second-order valence-electron chi connectivity index (χ2n) is 5.74. The van der Waals surface area contributed by atoms with Crippen molar-refractivity contribution >= 4 is 39.1 Å². The molecule has 6 heteroatoms. The first kappa shape index (κ1) is 17.9. The molecular formula is C18H18BrCl2NO2. The summed E-state index contributed by atoms with van der Waals surface area (Å²) < 4.78 is 12.4. The van der Waals surface area contributed by atoms with Crippen LogP contribution in [0.4, 0.5) is 0 Å². The molecule has 1 aliphatic carbocycles. The standard InChI is InChI=1S/C18H18BrCl2NO2/c1-23-17-7-11(9-22-12-5-6-12)14(19)8-18(17)24-10-13-15(20)3-2-4-16(13)21/h2-4,7-8,12,22H,5-6,9-10H2,1H3. The molecule has 1 fully saturated rings. The van der Waals surface area contributed by atoms with Gasteiger partial charge >= 0.3 is 0 Å². The molecule has 0 saturated heterocycles. The Labute approximate surface area is 160 Å². The first-order valence-corrected chi connectivity index (χ1v) is 9.29. The van der Waals surface area contributed by atoms with Crippen LogP contribution >= 0.6 is 39.1 Å². The Morgan fingerprint density at radius 2 is 1.88 bits per heavy atom. The van der Waals surface area contributed by atoms with Gasteiger partial charge in [-0.1, -0.05) is 45.2 Å². The van der Waals surface area contributed by atoms with Crippen LogP contribution in [0.5, 0.6) is 11.5 Å². The molecule has 24 heavy (non-hydrogen) atoms. The van der Waals surface area contributed by atoms with Crippen molar-refractivity contribution in [2.75, 3.05) is 7.11 Å². The average molecular weight is 431 g/mol. The predicted molar refractivity (Wildman–Crippen MR) is 101 cm³/mol. The van der Waals surface area contributed by atoms with Gasteiger partial charge in [0.15, 0.2) is 11.5 Å². The quantitative estimate of drug-likeness (QED) is 0.620. The lowest BCUT2D eigenvalue weighted by Crippen LogP contribution is -2.15. The van der Waals surface area contributed by atoms with Crippen LogP contribution in [0.2, 0.25) is 10.0 Å². The van der Waals surface area contributed by atoms with Crippen LogP contribution in [-0.4, -0.2) is 13.2 Å². The van der Waals surface area contributed by atoms with Crippen LogP contribution in [0.1, 0.15) is 24.0 Å². The van der Waals surface area contributed by atoms with Crippen molar-refractivity contribution in [2.24, 2.45) is 0 Å². The van der Waals surface area contributed by atoms with Crippen LogP contribution in [-0.2, 0) is 13.2 Å². The molecule has 3 nitrogen and oxygen atoms in total. The third-order valence-corrected chi connectivity index (χ3v) is 5.37. The Balaban J connectivity index is 1.75. The Kier molecular flexibility index (Phi) is 5.93. The van der Waals surface area contributed by atoms with E-state index in [-0.39, 0.29) is 6.61 Å². The Bertz CT molecular complexity index is 715. The molecule has 1 saturated carbocycles. The van der Waals surface area contributed by atoms with Gasteiger partial charge in [-0.05, 0) is 42.7 Å². The van der Waals surface area contributed by atoms with Crippen LogP contribution < -0.4 is 14.8 Å². The number of hydrogen-bond donors (Lipinski definition) is 1. The number of benzene rings is 2. The van der Waals surface area contributed by atoms with Crippen molar-refractivity contribution < 1.29 is 9.47 Å². The van der Waals surface area contributed by atoms with Gasteiger partial charge in [0.1, 0.15) is 6.61 Å². The lowest BCUT2D eigenvalue weighted by molar-refractivity contribution is 0.284. The molecular weight excluding hydrogens is 413 g/mol. The van der Waals surface area contributed by atoms with E-state index in [0.29, 0.717) is 27.6 Å². The Hall–Kier alpha value is -0.940. The third-order valence-electron chi connectivity index (χ3n) is 3.92. The van der Waals surface area contributed by atoms with E-state index >= 15 is 0 Å². The van der Waals surface area contributed by atoms with Crippen LogP contribution in [0.3, 0.4) is 0 Å². The number of methoxy groups -OCH3 is 1. The Morgan fingerprint density at radius 3 is 2.50 bits per heavy atom. The summed E-state index contributed by atoms with van der Waals surface area (Å²) in [5.74, 6) is 1.34. The smallest absolute Gasteiger partial charge is 0.162 e. The SMILES string of the molecule is COc1cc(CNC2CC2)c(Br)cc1OCc1c(Cl)cccc1Cl. The van der Waals surface area contributed by atoms with Gasteiger partial charge in [0.05, 0.1) is 7.11 Å². The van der Waals surface area contributed by atoms with E-state index in [1.54, 1.807) is 19.2 Å². The van der Waals surface area contributed by atoms with E-state index in [9.17, 15) is 0 Å². The second kappa shape index (κ2) is 7.96. The average Bonchev–Trinajstić information content (AvgIpc) is 3.38. The van der Waals surface area contributed by atoms with E-state index in [4.69, 9.17) is 32.7 Å². The summed E-state index contributed by atoms with van der Waals surface area (Å²) in [5.41, 5.74) is 1.90. The summed E-state index contributed by atoms with van der Waals surface area (Å²) in [6.45, 7) is 1.08. The zero-order chi connectivity index (χ0) is 17.1. The topological polar surface area (TPSA) is 30.5 Å². The molecule has 0 unspecified atom stereocenters. The minimum atomic E-state index is 0.279. The summed E-state index contributed by atoms with van der Waals surface area (Å²) in [6, 6.07) is 9.97. The highest BCUT2D eigenvalue weighted by atomic mass is 79.9. The minimum Gasteiger partial charge on any atom is -0.493 e. The van der Waals surface area contributed by atoms with Gasteiger partial charge in [0.25, 0.3) is 0 Å². The molecule has 0 heterocycles. The first-order chi connectivity index (χ1) is 11.6. The van der Waals surface area contributed by atoms with Crippen molar-refractivity contribution in [1.29, 1.82) is 0 Å². The highest BCUT2D eigenvalue weighted by Crippen LogP contribution is 2.35. The summed E-state index contributed by atoms with van der Waals surface area (Å²) in [4.78, 5) is 0. The molecule has 0 bridgehead atoms. The van der Waals surface area contributed by atoms with Crippen molar-refractivity contribution in [2.45, 2.75) is 32.0 Å². The number of ether oxygens (including phenoxy) is 2. The molecule has 0 atom stereocenters. The van der Waals surface area contributed by atoms with Gasteiger partial charge in [-0.25, -0.2) is 0 Å². The molecule has 2 aromatic rings. The molecule has 0 aromatic heterocycles. The van der Waals surface area contributed by atoms with Gasteiger partial charge in [0, 0.05) is 32.7 Å². The zero-order valence-electron chi connectivity index (χ0n) is 13.2. The molecule has 0 spiro atoms. The van der Waals surface area contributed by atoms with Crippen LogP contribution in [0.25, 0.3) is 0 Å². The summed E-state index contributed by atoms with van der Waals surface area (Å²) >= 11 is 16.0. The maximum Gasteiger partial charge on any atom is 0.162 e. The van der Waals surface area contributed by atoms with E-state index in [0.717, 1.165) is 22.1 Å². The summed E-state index contributed by atoms with van der Waals surface area (Å²) in [7, 11) is 1.64. The molecule has 128 valence electrons. The first-order valence-electron chi connectivity index (χ1n) is 7.74. The fourth-order valence-electron chi connectivity index (χ4n) is 2.35. The molecule has 0 radical (unpaired) electrons. The molecule has 1 aliphatic rings. The lowest BCUT2D eigenvalue weighted by Gasteiger charge is -2.15. The number of rotatable bonds is 7. The van der Waals surface area contributed by atoms with Gasteiger partial charge < -0.3 is 14.8 Å². The van der Waals surface area contributed by atoms with E-state index in [2.05, 4.69) is 21.2 Å². The summed E-state index contributed by atoms with van der Waals surface area (Å²) in [6.07, 6.45) is 2.52. The van der Waals surface area contributed by atoms with Crippen LogP contribution in [0.15, 0.2) is 34.8 Å². The number of hydrogen-bond acceptors (Lipinski definition) is 3. The zero-order valence-corrected chi connectivity index (χ0v) is 16.3. The van der Waals surface area contributed by atoms with Gasteiger partial charge in [-0.3, -0.25) is 0 Å². The third kappa shape index (κ3) is 4.37. The fourth-order valence-corrected chi connectivity index (χ4v) is 3.32. The normalized spacial score (nSPS) is 13.8. The molecule has 0 amide bonds. The number of halogens is 3.